The lowest BCUT2D eigenvalue weighted by Gasteiger charge is -2.61. The van der Waals surface area contributed by atoms with Crippen molar-refractivity contribution in [3.63, 3.8) is 0 Å². The molecule has 7 aliphatic rings. The van der Waals surface area contributed by atoms with E-state index in [1.165, 1.54) is 0 Å². The largest absolute Gasteiger partial charge is 0.458 e. The molecule has 7 N–H and O–H groups in total. The summed E-state index contributed by atoms with van der Waals surface area (Å²) in [4.78, 5) is 24.9. The van der Waals surface area contributed by atoms with E-state index < -0.39 is 84.4 Å². The van der Waals surface area contributed by atoms with E-state index in [-0.39, 0.29) is 36.9 Å². The molecule has 0 aromatic heterocycles. The normalized spacial score (nSPS) is 52.0. The van der Waals surface area contributed by atoms with Crippen LogP contribution in [0.25, 0.3) is 0 Å². The van der Waals surface area contributed by atoms with Gasteiger partial charge in [0, 0.05) is 11.5 Å². The number of fused-ring (bicyclic) bond motifs is 5. The van der Waals surface area contributed by atoms with E-state index in [9.17, 15) is 45.3 Å². The number of esters is 1. The van der Waals surface area contributed by atoms with Gasteiger partial charge in [0.1, 0.15) is 55.6 Å². The van der Waals surface area contributed by atoms with Crippen LogP contribution in [0.5, 0.6) is 0 Å². The molecule has 14 heteroatoms. The third kappa shape index (κ3) is 5.26. The SMILES string of the molecule is C[C@]12CCC3[C@@H](CCC4=C[C@@H](O[C@@H]5OC[C@@H](O[C@@H]6O[C@H](CO)[C@@H](O)[C@H](O)[C@H]6O)[C@H](O)[C@H]5O)CC[C@@]43C=O)[C@@]1(O)CCC2C1=CC(=O)OC1. The lowest BCUT2D eigenvalue weighted by molar-refractivity contribution is -0.345. The molecule has 5 fully saturated rings. The number of allylic oxidation sites excluding steroid dienone is 1. The van der Waals surface area contributed by atoms with Crippen molar-refractivity contribution < 1.29 is 69.0 Å². The molecule has 0 aromatic carbocycles. The maximum atomic E-state index is 13.0. The third-order valence-corrected chi connectivity index (χ3v) is 13.1. The van der Waals surface area contributed by atoms with Crippen molar-refractivity contribution in [2.24, 2.45) is 28.6 Å². The van der Waals surface area contributed by atoms with E-state index >= 15 is 0 Å². The first kappa shape index (κ1) is 34.6. The van der Waals surface area contributed by atoms with Crippen LogP contribution in [0.4, 0.5) is 0 Å². The van der Waals surface area contributed by atoms with Gasteiger partial charge in [0.15, 0.2) is 12.6 Å². The van der Waals surface area contributed by atoms with E-state index in [0.29, 0.717) is 32.1 Å². The summed E-state index contributed by atoms with van der Waals surface area (Å²) in [7, 11) is 0. The van der Waals surface area contributed by atoms with Crippen molar-refractivity contribution in [1.29, 1.82) is 0 Å². The van der Waals surface area contributed by atoms with Crippen molar-refractivity contribution in [1.82, 2.24) is 0 Å². The van der Waals surface area contributed by atoms with Gasteiger partial charge in [-0.2, -0.15) is 0 Å². The number of aldehydes is 1. The minimum atomic E-state index is -1.68. The fraction of sp³-hybridized carbons (Fsp3) is 0.824. The summed E-state index contributed by atoms with van der Waals surface area (Å²) in [6, 6.07) is 0. The molecule has 16 atom stereocenters. The molecule has 0 bridgehead atoms. The minimum absolute atomic E-state index is 0.0399. The summed E-state index contributed by atoms with van der Waals surface area (Å²) in [6.45, 7) is 1.52. The highest BCUT2D eigenvalue weighted by Crippen LogP contribution is 2.69. The van der Waals surface area contributed by atoms with Crippen LogP contribution in [0.1, 0.15) is 58.3 Å². The first-order chi connectivity index (χ1) is 22.9. The minimum Gasteiger partial charge on any atom is -0.458 e. The molecule has 0 radical (unpaired) electrons. The monoisotopic (exact) mass is 680 g/mol. The number of hydrogen-bond donors (Lipinski definition) is 7. The average Bonchev–Trinajstić information content (AvgIpc) is 3.63. The molecule has 0 amide bonds. The van der Waals surface area contributed by atoms with Gasteiger partial charge in [-0.3, -0.25) is 0 Å². The Labute approximate surface area is 278 Å². The van der Waals surface area contributed by atoms with Gasteiger partial charge in [0.2, 0.25) is 0 Å². The van der Waals surface area contributed by atoms with Crippen LogP contribution in [0.2, 0.25) is 0 Å². The van der Waals surface area contributed by atoms with Crippen molar-refractivity contribution >= 4 is 12.3 Å². The number of aliphatic hydroxyl groups is 7. The Morgan fingerprint density at radius 2 is 1.69 bits per heavy atom. The highest BCUT2D eigenvalue weighted by molar-refractivity contribution is 5.85. The van der Waals surface area contributed by atoms with Gasteiger partial charge in [0.05, 0.1) is 30.3 Å². The first-order valence-electron chi connectivity index (χ1n) is 17.2. The molecule has 48 heavy (non-hydrogen) atoms. The number of rotatable bonds is 7. The second-order valence-corrected chi connectivity index (χ2v) is 15.2. The Kier molecular flexibility index (Phi) is 9.19. The number of carbonyl (C=O) groups is 2. The van der Waals surface area contributed by atoms with Gasteiger partial charge >= 0.3 is 5.97 Å². The molecular weight excluding hydrogens is 632 g/mol. The van der Waals surface area contributed by atoms with Crippen molar-refractivity contribution in [3.05, 3.63) is 23.3 Å². The third-order valence-electron chi connectivity index (χ3n) is 13.1. The molecule has 0 spiro atoms. The molecule has 2 unspecified atom stereocenters. The quantitative estimate of drug-likeness (QED) is 0.0974. The Bertz CT molecular complexity index is 1320. The average molecular weight is 681 g/mol. The predicted octanol–water partition coefficient (Wildman–Crippen LogP) is -1.01. The maximum absolute atomic E-state index is 13.0. The van der Waals surface area contributed by atoms with Crippen molar-refractivity contribution in [2.45, 2.75) is 125 Å². The van der Waals surface area contributed by atoms with Crippen LogP contribution in [0.3, 0.4) is 0 Å². The molecule has 7 rings (SSSR count). The molecule has 3 aliphatic heterocycles. The number of hydrogen-bond acceptors (Lipinski definition) is 14. The fourth-order valence-electron chi connectivity index (χ4n) is 10.4. The van der Waals surface area contributed by atoms with Crippen LogP contribution in [0.15, 0.2) is 23.3 Å². The predicted molar refractivity (Wildman–Crippen MR) is 161 cm³/mol. The number of ether oxygens (including phenoxy) is 5. The Hall–Kier alpha value is -1.82. The second-order valence-electron chi connectivity index (χ2n) is 15.2. The Balaban J connectivity index is 1.01. The molecular formula is C34H48O14. The summed E-state index contributed by atoms with van der Waals surface area (Å²) >= 11 is 0. The van der Waals surface area contributed by atoms with Gasteiger partial charge in [-0.05, 0) is 74.7 Å². The van der Waals surface area contributed by atoms with Crippen LogP contribution in [0, 0.1) is 28.6 Å². The summed E-state index contributed by atoms with van der Waals surface area (Å²) in [5, 5.41) is 74.0. The maximum Gasteiger partial charge on any atom is 0.331 e. The van der Waals surface area contributed by atoms with Crippen LogP contribution >= 0.6 is 0 Å². The van der Waals surface area contributed by atoms with Gasteiger partial charge in [0.25, 0.3) is 0 Å². The van der Waals surface area contributed by atoms with Crippen LogP contribution in [-0.4, -0.2) is 135 Å². The molecule has 4 aliphatic carbocycles. The molecule has 268 valence electrons. The Morgan fingerprint density at radius 3 is 2.40 bits per heavy atom. The van der Waals surface area contributed by atoms with Gasteiger partial charge < -0.3 is 64.2 Å². The standard InChI is InChI=1S/C34H48O14/c1-32-7-5-20-21(34(32,43)9-6-19(32)16-10-24(37)44-13-16)3-2-17-11-18(4-8-33(17,20)15-36)46-30-28(41)26(39)23(14-45-30)48-31-29(42)27(40)25(38)22(12-35)47-31/h10-11,15,18-23,25-31,35,38-43H,2-9,12-14H2,1H3/t18-,19?,20?,21+,22+,23+,25+,26-,27-,28+,29+,30-,31-,32+,33+,34-/m0/s1. The summed E-state index contributed by atoms with van der Waals surface area (Å²) < 4.78 is 28.1. The smallest absolute Gasteiger partial charge is 0.331 e. The molecule has 14 nitrogen and oxygen atoms in total. The fourth-order valence-corrected chi connectivity index (χ4v) is 10.4. The summed E-state index contributed by atoms with van der Waals surface area (Å²) in [6.07, 6.45) is -3.81. The molecule has 2 saturated heterocycles. The van der Waals surface area contributed by atoms with Gasteiger partial charge in [-0.1, -0.05) is 18.6 Å². The second kappa shape index (κ2) is 12.7. The lowest BCUT2D eigenvalue weighted by Crippen LogP contribution is -2.62. The van der Waals surface area contributed by atoms with Gasteiger partial charge in [-0.25, -0.2) is 4.79 Å². The molecule has 0 aromatic rings. The highest BCUT2D eigenvalue weighted by Gasteiger charge is 2.68. The Morgan fingerprint density at radius 1 is 0.917 bits per heavy atom. The van der Waals surface area contributed by atoms with E-state index in [2.05, 4.69) is 6.92 Å². The van der Waals surface area contributed by atoms with Gasteiger partial charge in [-0.15, -0.1) is 0 Å². The summed E-state index contributed by atoms with van der Waals surface area (Å²) in [5.74, 6) is -0.380. The topological polar surface area (TPSA) is 222 Å². The first-order valence-corrected chi connectivity index (χ1v) is 17.2. The molecule has 3 heterocycles. The zero-order chi connectivity index (χ0) is 34.2. The van der Waals surface area contributed by atoms with E-state index in [1.54, 1.807) is 6.08 Å². The van der Waals surface area contributed by atoms with Crippen molar-refractivity contribution in [3.8, 4) is 0 Å². The summed E-state index contributed by atoms with van der Waals surface area (Å²) in [5.41, 5.74) is -0.200. The highest BCUT2D eigenvalue weighted by atomic mass is 16.7. The van der Waals surface area contributed by atoms with Crippen LogP contribution in [-0.2, 0) is 33.3 Å². The van der Waals surface area contributed by atoms with E-state index in [1.807, 2.05) is 6.08 Å². The number of cyclic esters (lactones) is 1. The number of carbonyl (C=O) groups excluding carboxylic acids is 2. The van der Waals surface area contributed by atoms with E-state index in [0.717, 1.165) is 36.7 Å². The number of aliphatic hydroxyl groups excluding tert-OH is 6. The van der Waals surface area contributed by atoms with E-state index in [4.69, 9.17) is 23.7 Å². The molecule has 3 saturated carbocycles. The zero-order valence-electron chi connectivity index (χ0n) is 27.0. The lowest BCUT2D eigenvalue weighted by atomic mass is 9.45. The van der Waals surface area contributed by atoms with Crippen LogP contribution < -0.4 is 0 Å². The zero-order valence-corrected chi connectivity index (χ0v) is 27.0. The van der Waals surface area contributed by atoms with Crippen molar-refractivity contribution in [2.75, 3.05) is 19.8 Å².